The van der Waals surface area contributed by atoms with Crippen molar-refractivity contribution in [3.05, 3.63) is 215 Å². The number of allylic oxidation sites excluding steroid dienone is 10. The third-order valence-corrected chi connectivity index (χ3v) is 10.5. The minimum absolute atomic E-state index is 0.990. The average molecular weight is 673 g/mol. The Morgan fingerprint density at radius 2 is 1.37 bits per heavy atom. The number of aryl methyl sites for hydroxylation is 2. The van der Waals surface area contributed by atoms with Gasteiger partial charge in [-0.05, 0) is 178 Å². The van der Waals surface area contributed by atoms with Crippen molar-refractivity contribution in [2.75, 3.05) is 0 Å². The minimum Gasteiger partial charge on any atom is -0.0984 e. The maximum absolute atomic E-state index is 4.67. The predicted octanol–water partition coefficient (Wildman–Crippen LogP) is 14.5. The highest BCUT2D eigenvalue weighted by atomic mass is 14.2. The quantitative estimate of drug-likeness (QED) is 0.102. The van der Waals surface area contributed by atoms with Crippen LogP contribution in [0.15, 0.2) is 165 Å². The molecule has 0 saturated heterocycles. The Labute approximate surface area is 311 Å². The minimum atomic E-state index is 0.990. The number of rotatable bonds is 10. The summed E-state index contributed by atoms with van der Waals surface area (Å²) in [6.45, 7) is 13.3. The molecule has 5 aromatic rings. The van der Waals surface area contributed by atoms with Crippen LogP contribution in [0.1, 0.15) is 88.6 Å². The second kappa shape index (κ2) is 16.1. The fourth-order valence-electron chi connectivity index (χ4n) is 7.47. The largest absolute Gasteiger partial charge is 0.0984 e. The molecule has 0 nitrogen and oxygen atoms in total. The van der Waals surface area contributed by atoms with E-state index in [1.807, 2.05) is 6.08 Å². The zero-order chi connectivity index (χ0) is 35.9. The molecule has 0 N–H and O–H groups in total. The lowest BCUT2D eigenvalue weighted by molar-refractivity contribution is 0.742. The van der Waals surface area contributed by atoms with E-state index in [2.05, 4.69) is 179 Å². The van der Waals surface area contributed by atoms with Gasteiger partial charge in [0, 0.05) is 0 Å². The van der Waals surface area contributed by atoms with Crippen LogP contribution in [-0.2, 0) is 0 Å². The first-order valence-electron chi connectivity index (χ1n) is 18.8. The Morgan fingerprint density at radius 3 is 2.15 bits per heavy atom. The van der Waals surface area contributed by atoms with Crippen LogP contribution >= 0.6 is 0 Å². The summed E-state index contributed by atoms with van der Waals surface area (Å²) in [6.07, 6.45) is 22.6. The van der Waals surface area contributed by atoms with Crippen LogP contribution in [-0.4, -0.2) is 0 Å². The molecular formula is C52H48. The van der Waals surface area contributed by atoms with Gasteiger partial charge in [0.1, 0.15) is 0 Å². The summed E-state index contributed by atoms with van der Waals surface area (Å²) in [6, 6.07) is 42.3. The molecule has 0 radical (unpaired) electrons. The summed E-state index contributed by atoms with van der Waals surface area (Å²) < 4.78 is 0. The third-order valence-electron chi connectivity index (χ3n) is 10.5. The Balaban J connectivity index is 1.34. The Hall–Kier alpha value is -5.72. The number of hydrogen-bond acceptors (Lipinski definition) is 0. The van der Waals surface area contributed by atoms with E-state index >= 15 is 0 Å². The molecule has 0 unspecified atom stereocenters. The molecule has 52 heavy (non-hydrogen) atoms. The van der Waals surface area contributed by atoms with Gasteiger partial charge in [0.25, 0.3) is 0 Å². The monoisotopic (exact) mass is 672 g/mol. The summed E-state index contributed by atoms with van der Waals surface area (Å²) >= 11 is 0. The summed E-state index contributed by atoms with van der Waals surface area (Å²) in [5, 5.41) is 0. The normalized spacial score (nSPS) is 14.8. The molecule has 0 aromatic heterocycles. The van der Waals surface area contributed by atoms with Crippen molar-refractivity contribution in [2.24, 2.45) is 0 Å². The van der Waals surface area contributed by atoms with E-state index < -0.39 is 0 Å². The molecule has 0 aliphatic heterocycles. The van der Waals surface area contributed by atoms with E-state index in [0.717, 1.165) is 52.7 Å². The summed E-state index contributed by atoms with van der Waals surface area (Å²) in [4.78, 5) is 0. The van der Waals surface area contributed by atoms with E-state index in [-0.39, 0.29) is 0 Å². The molecule has 0 spiro atoms. The second-order valence-corrected chi connectivity index (χ2v) is 14.1. The fourth-order valence-corrected chi connectivity index (χ4v) is 7.47. The summed E-state index contributed by atoms with van der Waals surface area (Å²) in [5.74, 6) is 0. The lowest BCUT2D eigenvalue weighted by Crippen LogP contribution is -1.96. The van der Waals surface area contributed by atoms with Crippen molar-refractivity contribution >= 4 is 33.9 Å². The van der Waals surface area contributed by atoms with Gasteiger partial charge in [-0.1, -0.05) is 135 Å². The Morgan fingerprint density at radius 1 is 0.615 bits per heavy atom. The van der Waals surface area contributed by atoms with Crippen LogP contribution in [0, 0.1) is 13.8 Å². The maximum Gasteiger partial charge on any atom is -0.0102 e. The van der Waals surface area contributed by atoms with Gasteiger partial charge in [-0.3, -0.25) is 0 Å². The number of hydrogen-bond donors (Lipinski definition) is 0. The second-order valence-electron chi connectivity index (χ2n) is 14.1. The van der Waals surface area contributed by atoms with E-state index in [4.69, 9.17) is 0 Å². The van der Waals surface area contributed by atoms with E-state index in [9.17, 15) is 0 Å². The average Bonchev–Trinajstić information content (AvgIpc) is 3.20. The van der Waals surface area contributed by atoms with Crippen molar-refractivity contribution in [2.45, 2.75) is 52.4 Å². The molecule has 0 heterocycles. The van der Waals surface area contributed by atoms with Gasteiger partial charge in [-0.15, -0.1) is 0 Å². The molecule has 256 valence electrons. The van der Waals surface area contributed by atoms with Crippen LogP contribution in [0.25, 0.3) is 45.1 Å². The van der Waals surface area contributed by atoms with Crippen molar-refractivity contribution in [1.82, 2.24) is 0 Å². The van der Waals surface area contributed by atoms with Gasteiger partial charge < -0.3 is 0 Å². The molecule has 0 fully saturated rings. The molecule has 7 rings (SSSR count). The Bertz CT molecular complexity index is 2290. The van der Waals surface area contributed by atoms with Crippen molar-refractivity contribution < 1.29 is 0 Å². The van der Waals surface area contributed by atoms with Crippen LogP contribution < -0.4 is 0 Å². The molecule has 0 heteroatoms. The van der Waals surface area contributed by atoms with Crippen molar-refractivity contribution in [3.63, 3.8) is 0 Å². The molecule has 2 aliphatic rings. The van der Waals surface area contributed by atoms with Crippen LogP contribution in [0.3, 0.4) is 0 Å². The number of benzene rings is 5. The van der Waals surface area contributed by atoms with E-state index in [1.165, 1.54) is 74.9 Å². The highest BCUT2D eigenvalue weighted by molar-refractivity contribution is 5.94. The van der Waals surface area contributed by atoms with E-state index in [1.54, 1.807) is 0 Å². The molecule has 0 bridgehead atoms. The Kier molecular flexibility index (Phi) is 10.7. The molecule has 5 aromatic carbocycles. The van der Waals surface area contributed by atoms with Gasteiger partial charge in [0.2, 0.25) is 0 Å². The van der Waals surface area contributed by atoms with Gasteiger partial charge in [-0.25, -0.2) is 0 Å². The van der Waals surface area contributed by atoms with Crippen molar-refractivity contribution in [1.29, 1.82) is 0 Å². The first-order chi connectivity index (χ1) is 25.5. The zero-order valence-corrected chi connectivity index (χ0v) is 30.7. The molecule has 2 aliphatic carbocycles. The highest BCUT2D eigenvalue weighted by Crippen LogP contribution is 2.36. The standard InChI is InChI=1S/C52H48/c1-5-40(32-43-22-13-12-17-37(43)2)45-24-16-28-50(35-45)52(31-39(4)44-23-14-25-46(33-44)41-18-8-6-9-19-41)51-36-49(30-29-38(51)3)48-27-15-26-47(34-48)42-20-10-7-11-21-42/h5-6,8,12-18,20,22-36H,1,4,7,9-11,19,21H2,2-3H3/b40-32+,52-31-. The predicted molar refractivity (Wildman–Crippen MR) is 228 cm³/mol. The maximum atomic E-state index is 4.67. The van der Waals surface area contributed by atoms with Gasteiger partial charge >= 0.3 is 0 Å². The summed E-state index contributed by atoms with van der Waals surface area (Å²) in [7, 11) is 0. The third kappa shape index (κ3) is 7.93. The first-order valence-corrected chi connectivity index (χ1v) is 18.8. The SMILES string of the molecule is C=C/C(=C\c1ccccc1C)c1cccc(/C(=C/C(=C)c2cccc(C3=CC=CCC3)c2)c2cc(-c3cccc(C4=CCCCC4)c3)ccc2C)c1. The fraction of sp³-hybridized carbons (Fsp3) is 0.154. The lowest BCUT2D eigenvalue weighted by Gasteiger charge is -2.17. The van der Waals surface area contributed by atoms with Crippen LogP contribution in [0.2, 0.25) is 0 Å². The van der Waals surface area contributed by atoms with Crippen LogP contribution in [0.5, 0.6) is 0 Å². The molecule has 0 saturated carbocycles. The first kappa shape index (κ1) is 34.7. The van der Waals surface area contributed by atoms with E-state index in [0.29, 0.717) is 0 Å². The molecule has 0 amide bonds. The lowest BCUT2D eigenvalue weighted by atomic mass is 9.87. The molecular weight excluding hydrogens is 625 g/mol. The van der Waals surface area contributed by atoms with Crippen molar-refractivity contribution in [3.8, 4) is 11.1 Å². The zero-order valence-electron chi connectivity index (χ0n) is 30.7. The topological polar surface area (TPSA) is 0 Å². The van der Waals surface area contributed by atoms with Gasteiger partial charge in [0.15, 0.2) is 0 Å². The van der Waals surface area contributed by atoms with Gasteiger partial charge in [0.05, 0.1) is 0 Å². The smallest absolute Gasteiger partial charge is 0.0102 e. The van der Waals surface area contributed by atoms with Gasteiger partial charge in [-0.2, -0.15) is 0 Å². The van der Waals surface area contributed by atoms with Crippen LogP contribution in [0.4, 0.5) is 0 Å². The summed E-state index contributed by atoms with van der Waals surface area (Å²) in [5.41, 5.74) is 19.5. The molecule has 0 atom stereocenters. The highest BCUT2D eigenvalue weighted by Gasteiger charge is 2.15.